The summed E-state index contributed by atoms with van der Waals surface area (Å²) >= 11 is 0. The van der Waals surface area contributed by atoms with Crippen LogP contribution in [0.15, 0.2) is 0 Å². The maximum atomic E-state index is 13.6. The summed E-state index contributed by atoms with van der Waals surface area (Å²) < 4.78 is 66.4. The number of anilines is 1. The molecule has 0 saturated heterocycles. The van der Waals surface area contributed by atoms with E-state index in [-0.39, 0.29) is 19.6 Å². The number of benzene rings is 1. The first-order valence-electron chi connectivity index (χ1n) is 5.71. The number of hydrogen-bond donors (Lipinski definition) is 1. The number of nitrogens with zero attached hydrogens (tertiary/aromatic N) is 1. The minimum absolute atomic E-state index is 0.0213. The molecule has 0 heterocycles. The number of hydrogen-bond acceptors (Lipinski definition) is 2. The first-order valence-corrected chi connectivity index (χ1v) is 5.71. The second-order valence-corrected chi connectivity index (χ2v) is 4.28. The average molecular weight is 283 g/mol. The third-order valence-electron chi connectivity index (χ3n) is 2.65. The molecule has 1 aromatic carbocycles. The summed E-state index contributed by atoms with van der Waals surface area (Å²) in [6.07, 6.45) is 0.150. The molecule has 0 saturated carbocycles. The third-order valence-corrected chi connectivity index (χ3v) is 2.65. The summed E-state index contributed by atoms with van der Waals surface area (Å²) in [5, 5.41) is 8.71. The van der Waals surface area contributed by atoms with Crippen LogP contribution < -0.4 is 4.90 Å². The van der Waals surface area contributed by atoms with Gasteiger partial charge in [-0.2, -0.15) is 0 Å². The molecule has 0 aliphatic rings. The largest absolute Gasteiger partial charge is 0.396 e. The summed E-state index contributed by atoms with van der Waals surface area (Å²) in [5.41, 5.74) is -0.958. The van der Waals surface area contributed by atoms with Crippen molar-refractivity contribution in [2.75, 3.05) is 18.1 Å². The predicted octanol–water partition coefficient (Wildman–Crippen LogP) is 2.98. The maximum Gasteiger partial charge on any atom is 0.200 e. The summed E-state index contributed by atoms with van der Waals surface area (Å²) in [6, 6.07) is -0.486. The molecule has 0 aliphatic carbocycles. The van der Waals surface area contributed by atoms with Gasteiger partial charge in [0.1, 0.15) is 5.69 Å². The fraction of sp³-hybridized carbons (Fsp3) is 0.500. The van der Waals surface area contributed by atoms with Crippen molar-refractivity contribution in [2.45, 2.75) is 26.3 Å². The monoisotopic (exact) mass is 283 g/mol. The molecular formula is C12H14F5NO. The van der Waals surface area contributed by atoms with Crippen LogP contribution in [-0.4, -0.2) is 24.3 Å². The van der Waals surface area contributed by atoms with Gasteiger partial charge in [-0.3, -0.25) is 0 Å². The molecule has 7 heteroatoms. The van der Waals surface area contributed by atoms with E-state index in [4.69, 9.17) is 5.11 Å². The van der Waals surface area contributed by atoms with E-state index in [9.17, 15) is 22.0 Å². The predicted molar refractivity (Wildman–Crippen MR) is 60.4 cm³/mol. The van der Waals surface area contributed by atoms with Crippen LogP contribution in [0.2, 0.25) is 0 Å². The molecule has 0 amide bonds. The molecule has 0 aliphatic heterocycles. The van der Waals surface area contributed by atoms with E-state index >= 15 is 0 Å². The van der Waals surface area contributed by atoms with E-state index in [1.807, 2.05) is 0 Å². The van der Waals surface area contributed by atoms with Crippen LogP contribution >= 0.6 is 0 Å². The van der Waals surface area contributed by atoms with Crippen LogP contribution in [0, 0.1) is 29.1 Å². The second kappa shape index (κ2) is 6.18. The van der Waals surface area contributed by atoms with Gasteiger partial charge in [0.05, 0.1) is 0 Å². The summed E-state index contributed by atoms with van der Waals surface area (Å²) in [4.78, 5) is 1.03. The first-order chi connectivity index (χ1) is 8.82. The third kappa shape index (κ3) is 2.97. The van der Waals surface area contributed by atoms with Crippen LogP contribution in [0.1, 0.15) is 20.3 Å². The Hall–Kier alpha value is -1.37. The van der Waals surface area contributed by atoms with Crippen molar-refractivity contribution < 1.29 is 27.1 Å². The Bertz CT molecular complexity index is 435. The molecule has 2 nitrogen and oxygen atoms in total. The summed E-state index contributed by atoms with van der Waals surface area (Å²) in [7, 11) is 0. The highest BCUT2D eigenvalue weighted by Gasteiger charge is 2.29. The topological polar surface area (TPSA) is 23.5 Å². The highest BCUT2D eigenvalue weighted by atomic mass is 19.2. The van der Waals surface area contributed by atoms with Gasteiger partial charge in [-0.15, -0.1) is 0 Å². The van der Waals surface area contributed by atoms with Crippen LogP contribution in [0.25, 0.3) is 0 Å². The lowest BCUT2D eigenvalue weighted by molar-refractivity contribution is 0.287. The standard InChI is InChI=1S/C12H14F5NO/c1-6(2)18(4-3-5-19)12-10(16)8(14)7(13)9(15)11(12)17/h6,19H,3-5H2,1-2H3. The van der Waals surface area contributed by atoms with Gasteiger partial charge in [0.2, 0.25) is 5.82 Å². The smallest absolute Gasteiger partial charge is 0.200 e. The Morgan fingerprint density at radius 1 is 0.895 bits per heavy atom. The van der Waals surface area contributed by atoms with Crippen LogP contribution in [-0.2, 0) is 0 Å². The highest BCUT2D eigenvalue weighted by Crippen LogP contribution is 2.31. The van der Waals surface area contributed by atoms with Gasteiger partial charge in [-0.1, -0.05) is 0 Å². The van der Waals surface area contributed by atoms with Gasteiger partial charge in [-0.05, 0) is 20.3 Å². The molecule has 0 radical (unpaired) electrons. The van der Waals surface area contributed by atoms with Crippen molar-refractivity contribution in [3.8, 4) is 0 Å². The van der Waals surface area contributed by atoms with Gasteiger partial charge in [0, 0.05) is 19.2 Å². The molecule has 0 unspecified atom stereocenters. The van der Waals surface area contributed by atoms with E-state index in [1.54, 1.807) is 13.8 Å². The van der Waals surface area contributed by atoms with Crippen molar-refractivity contribution in [1.82, 2.24) is 0 Å². The number of aliphatic hydroxyl groups excluding tert-OH is 1. The lowest BCUT2D eigenvalue weighted by Gasteiger charge is -2.29. The van der Waals surface area contributed by atoms with Crippen LogP contribution in [0.3, 0.4) is 0 Å². The number of rotatable bonds is 5. The molecular weight excluding hydrogens is 269 g/mol. The minimum atomic E-state index is -2.18. The van der Waals surface area contributed by atoms with Gasteiger partial charge < -0.3 is 10.0 Å². The van der Waals surface area contributed by atoms with E-state index in [2.05, 4.69) is 0 Å². The van der Waals surface area contributed by atoms with Crippen molar-refractivity contribution in [3.63, 3.8) is 0 Å². The summed E-state index contributed by atoms with van der Waals surface area (Å²) in [5.74, 6) is -9.83. The van der Waals surface area contributed by atoms with Crippen LogP contribution in [0.5, 0.6) is 0 Å². The molecule has 0 atom stereocenters. The molecule has 0 fully saturated rings. The Balaban J connectivity index is 3.38. The highest BCUT2D eigenvalue weighted by molar-refractivity contribution is 5.51. The van der Waals surface area contributed by atoms with E-state index in [1.165, 1.54) is 0 Å². The second-order valence-electron chi connectivity index (χ2n) is 4.28. The SMILES string of the molecule is CC(C)N(CCCO)c1c(F)c(F)c(F)c(F)c1F. The molecule has 0 spiro atoms. The summed E-state index contributed by atoms with van der Waals surface area (Å²) in [6.45, 7) is 2.83. The van der Waals surface area contributed by atoms with Gasteiger partial charge in [0.15, 0.2) is 23.3 Å². The lowest BCUT2D eigenvalue weighted by Crippen LogP contribution is -2.34. The van der Waals surface area contributed by atoms with Crippen molar-refractivity contribution in [1.29, 1.82) is 0 Å². The Morgan fingerprint density at radius 2 is 1.32 bits per heavy atom. The zero-order chi connectivity index (χ0) is 14.7. The van der Waals surface area contributed by atoms with Crippen molar-refractivity contribution >= 4 is 5.69 Å². The Morgan fingerprint density at radius 3 is 1.68 bits per heavy atom. The van der Waals surface area contributed by atoms with Crippen molar-refractivity contribution in [2.24, 2.45) is 0 Å². The molecule has 1 N–H and O–H groups in total. The normalized spacial score (nSPS) is 11.2. The first kappa shape index (κ1) is 15.7. The molecule has 0 aromatic heterocycles. The van der Waals surface area contributed by atoms with Gasteiger partial charge >= 0.3 is 0 Å². The van der Waals surface area contributed by atoms with Crippen molar-refractivity contribution in [3.05, 3.63) is 29.1 Å². The zero-order valence-corrected chi connectivity index (χ0v) is 10.5. The fourth-order valence-corrected chi connectivity index (χ4v) is 1.71. The van der Waals surface area contributed by atoms with Gasteiger partial charge in [0.25, 0.3) is 0 Å². The lowest BCUT2D eigenvalue weighted by atomic mass is 10.2. The molecule has 19 heavy (non-hydrogen) atoms. The maximum absolute atomic E-state index is 13.6. The van der Waals surface area contributed by atoms with E-state index in [0.29, 0.717) is 0 Å². The average Bonchev–Trinajstić information content (AvgIpc) is 2.37. The quantitative estimate of drug-likeness (QED) is 0.510. The Kier molecular flexibility index (Phi) is 5.11. The number of aliphatic hydroxyl groups is 1. The Labute approximate surface area is 107 Å². The van der Waals surface area contributed by atoms with Crippen LogP contribution in [0.4, 0.5) is 27.6 Å². The van der Waals surface area contributed by atoms with E-state index in [0.717, 1.165) is 4.90 Å². The number of halogens is 5. The fourth-order valence-electron chi connectivity index (χ4n) is 1.71. The molecule has 108 valence electrons. The molecule has 0 bridgehead atoms. The molecule has 1 aromatic rings. The minimum Gasteiger partial charge on any atom is -0.396 e. The molecule has 1 rings (SSSR count). The zero-order valence-electron chi connectivity index (χ0n) is 10.5. The van der Waals surface area contributed by atoms with Gasteiger partial charge in [-0.25, -0.2) is 22.0 Å². The van der Waals surface area contributed by atoms with E-state index < -0.39 is 40.8 Å².